The van der Waals surface area contributed by atoms with E-state index in [1.807, 2.05) is 7.05 Å². The first kappa shape index (κ1) is 13.1. The van der Waals surface area contributed by atoms with Gasteiger partial charge in [0, 0.05) is 29.0 Å². The summed E-state index contributed by atoms with van der Waals surface area (Å²) < 4.78 is 2.75. The zero-order valence-corrected chi connectivity index (χ0v) is 12.9. The molecule has 0 amide bonds. The lowest BCUT2D eigenvalue weighted by Gasteiger charge is -2.07. The van der Waals surface area contributed by atoms with Gasteiger partial charge in [-0.05, 0) is 68.7 Å². The van der Waals surface area contributed by atoms with Crippen molar-refractivity contribution in [2.75, 3.05) is 0 Å². The first-order valence-electron chi connectivity index (χ1n) is 6.14. The van der Waals surface area contributed by atoms with Gasteiger partial charge < -0.3 is 5.32 Å². The summed E-state index contributed by atoms with van der Waals surface area (Å²) in [6.07, 6.45) is 2.63. The molecular weight excluding hydrogens is 326 g/mol. The molecular formula is C12H14BrN5S. The van der Waals surface area contributed by atoms with E-state index in [0.717, 1.165) is 27.1 Å². The number of benzene rings is 1. The number of aryl methyl sites for hydroxylation is 1. The molecule has 7 heteroatoms. The molecule has 1 heterocycles. The third-order valence-electron chi connectivity index (χ3n) is 2.95. The van der Waals surface area contributed by atoms with Gasteiger partial charge in [0.2, 0.25) is 5.16 Å². The second-order valence-electron chi connectivity index (χ2n) is 4.61. The number of halogens is 1. The fourth-order valence-electron chi connectivity index (χ4n) is 1.69. The summed E-state index contributed by atoms with van der Waals surface area (Å²) in [6, 6.07) is 7.14. The van der Waals surface area contributed by atoms with Crippen LogP contribution in [0.25, 0.3) is 0 Å². The molecule has 5 nitrogen and oxygen atoms in total. The molecule has 0 bridgehead atoms. The smallest absolute Gasteiger partial charge is 0.213 e. The number of aromatic nitrogens is 4. The fourth-order valence-corrected chi connectivity index (χ4v) is 3.10. The number of hydrogen-bond donors (Lipinski definition) is 1. The fraction of sp³-hybridized carbons (Fsp3) is 0.417. The van der Waals surface area contributed by atoms with Gasteiger partial charge >= 0.3 is 0 Å². The van der Waals surface area contributed by atoms with Crippen molar-refractivity contribution >= 4 is 27.7 Å². The minimum absolute atomic E-state index is 0.734. The summed E-state index contributed by atoms with van der Waals surface area (Å²) in [5.41, 5.74) is 1.29. The Morgan fingerprint density at radius 3 is 2.95 bits per heavy atom. The minimum atomic E-state index is 0.734. The number of tetrazole rings is 1. The van der Waals surface area contributed by atoms with Crippen molar-refractivity contribution in [1.29, 1.82) is 0 Å². The van der Waals surface area contributed by atoms with Gasteiger partial charge in [-0.2, -0.15) is 0 Å². The summed E-state index contributed by atoms with van der Waals surface area (Å²) in [4.78, 5) is 1.12. The van der Waals surface area contributed by atoms with Crippen molar-refractivity contribution in [3.63, 3.8) is 0 Å². The summed E-state index contributed by atoms with van der Waals surface area (Å²) in [5.74, 6) is 0. The van der Waals surface area contributed by atoms with Crippen molar-refractivity contribution in [3.05, 3.63) is 28.2 Å². The van der Waals surface area contributed by atoms with Crippen molar-refractivity contribution in [3.8, 4) is 0 Å². The van der Waals surface area contributed by atoms with E-state index < -0.39 is 0 Å². The van der Waals surface area contributed by atoms with Crippen LogP contribution in [0.3, 0.4) is 0 Å². The van der Waals surface area contributed by atoms with E-state index in [1.54, 1.807) is 16.4 Å². The second-order valence-corrected chi connectivity index (χ2v) is 6.47. The first-order chi connectivity index (χ1) is 9.22. The highest BCUT2D eigenvalue weighted by Gasteiger charge is 2.20. The van der Waals surface area contributed by atoms with E-state index in [4.69, 9.17) is 0 Å². The van der Waals surface area contributed by atoms with Crippen LogP contribution in [0.2, 0.25) is 0 Å². The molecule has 1 aromatic heterocycles. The van der Waals surface area contributed by atoms with Crippen LogP contribution in [-0.2, 0) is 13.6 Å². The summed E-state index contributed by atoms with van der Waals surface area (Å²) in [5, 5.41) is 15.7. The lowest BCUT2D eigenvalue weighted by molar-refractivity contribution is 0.664. The third kappa shape index (κ3) is 3.34. The Hall–Kier alpha value is -0.920. The zero-order chi connectivity index (χ0) is 13.2. The predicted octanol–water partition coefficient (Wildman–Crippen LogP) is 2.38. The molecule has 1 N–H and O–H groups in total. The van der Waals surface area contributed by atoms with Gasteiger partial charge in [0.05, 0.1) is 0 Å². The van der Waals surface area contributed by atoms with Crippen molar-refractivity contribution < 1.29 is 0 Å². The molecule has 1 aliphatic carbocycles. The maximum Gasteiger partial charge on any atom is 0.213 e. The van der Waals surface area contributed by atoms with Gasteiger partial charge in [-0.3, -0.25) is 0 Å². The maximum atomic E-state index is 3.97. The molecule has 19 heavy (non-hydrogen) atoms. The Morgan fingerprint density at radius 1 is 1.47 bits per heavy atom. The standard InChI is InChI=1S/C12H14BrN5S/c1-18-12(15-16-17-18)19-11-5-2-8(6-10(11)13)7-14-9-3-4-9/h2,5-6,9,14H,3-4,7H2,1H3. The van der Waals surface area contributed by atoms with E-state index in [9.17, 15) is 0 Å². The SMILES string of the molecule is Cn1nnnc1Sc1ccc(CNC2CC2)cc1Br. The number of rotatable bonds is 5. The number of nitrogens with one attached hydrogen (secondary N) is 1. The van der Waals surface area contributed by atoms with Crippen LogP contribution in [0, 0.1) is 0 Å². The molecule has 100 valence electrons. The molecule has 3 rings (SSSR count). The van der Waals surface area contributed by atoms with Crippen LogP contribution < -0.4 is 5.32 Å². The van der Waals surface area contributed by atoms with Crippen molar-refractivity contribution in [2.45, 2.75) is 35.5 Å². The van der Waals surface area contributed by atoms with Gasteiger partial charge in [-0.15, -0.1) is 5.10 Å². The molecule has 0 aliphatic heterocycles. The maximum absolute atomic E-state index is 3.97. The quantitative estimate of drug-likeness (QED) is 0.906. The molecule has 1 aliphatic rings. The largest absolute Gasteiger partial charge is 0.310 e. The molecule has 0 saturated heterocycles. The summed E-state index contributed by atoms with van der Waals surface area (Å²) >= 11 is 5.17. The predicted molar refractivity (Wildman–Crippen MR) is 76.9 cm³/mol. The van der Waals surface area contributed by atoms with Crippen LogP contribution in [0.5, 0.6) is 0 Å². The van der Waals surface area contributed by atoms with Gasteiger partial charge in [-0.25, -0.2) is 4.68 Å². The molecule has 0 unspecified atom stereocenters. The molecule has 2 aromatic rings. The highest BCUT2D eigenvalue weighted by molar-refractivity contribution is 9.10. The average molecular weight is 340 g/mol. The number of hydrogen-bond acceptors (Lipinski definition) is 5. The van der Waals surface area contributed by atoms with Crippen LogP contribution in [0.4, 0.5) is 0 Å². The van der Waals surface area contributed by atoms with Gasteiger partial charge in [0.25, 0.3) is 0 Å². The third-order valence-corrected chi connectivity index (χ3v) is 4.97. The monoisotopic (exact) mass is 339 g/mol. The van der Waals surface area contributed by atoms with Crippen LogP contribution in [0.1, 0.15) is 18.4 Å². The van der Waals surface area contributed by atoms with E-state index in [2.05, 4.69) is 55.0 Å². The second kappa shape index (κ2) is 5.60. The lowest BCUT2D eigenvalue weighted by atomic mass is 10.2. The van der Waals surface area contributed by atoms with Crippen LogP contribution in [0.15, 0.2) is 32.7 Å². The normalized spacial score (nSPS) is 14.8. The average Bonchev–Trinajstić information content (AvgIpc) is 3.14. The zero-order valence-electron chi connectivity index (χ0n) is 10.5. The molecule has 0 atom stereocenters. The molecule has 1 saturated carbocycles. The highest BCUT2D eigenvalue weighted by Crippen LogP contribution is 2.32. The van der Waals surface area contributed by atoms with Gasteiger partial charge in [0.15, 0.2) is 0 Å². The van der Waals surface area contributed by atoms with Gasteiger partial charge in [-0.1, -0.05) is 6.07 Å². The Kier molecular flexibility index (Phi) is 3.86. The first-order valence-corrected chi connectivity index (χ1v) is 7.75. The summed E-state index contributed by atoms with van der Waals surface area (Å²) in [7, 11) is 1.84. The molecule has 1 fully saturated rings. The van der Waals surface area contributed by atoms with Crippen LogP contribution >= 0.6 is 27.7 Å². The Balaban J connectivity index is 1.70. The van der Waals surface area contributed by atoms with Crippen LogP contribution in [-0.4, -0.2) is 26.2 Å². The molecule has 0 radical (unpaired) electrons. The Morgan fingerprint density at radius 2 is 2.32 bits per heavy atom. The van der Waals surface area contributed by atoms with Crippen molar-refractivity contribution in [1.82, 2.24) is 25.5 Å². The van der Waals surface area contributed by atoms with Crippen molar-refractivity contribution in [2.24, 2.45) is 7.05 Å². The van der Waals surface area contributed by atoms with E-state index in [0.29, 0.717) is 0 Å². The summed E-state index contributed by atoms with van der Waals surface area (Å²) in [6.45, 7) is 0.930. The highest BCUT2D eigenvalue weighted by atomic mass is 79.9. The minimum Gasteiger partial charge on any atom is -0.310 e. The lowest BCUT2D eigenvalue weighted by Crippen LogP contribution is -2.15. The Bertz CT molecular complexity index is 581. The van der Waals surface area contributed by atoms with E-state index in [-0.39, 0.29) is 0 Å². The molecule has 0 spiro atoms. The Labute approximate surface area is 124 Å². The number of nitrogens with zero attached hydrogens (tertiary/aromatic N) is 4. The van der Waals surface area contributed by atoms with E-state index in [1.165, 1.54) is 18.4 Å². The van der Waals surface area contributed by atoms with Gasteiger partial charge in [0.1, 0.15) is 0 Å². The topological polar surface area (TPSA) is 55.6 Å². The van der Waals surface area contributed by atoms with E-state index >= 15 is 0 Å². The molecule has 1 aromatic carbocycles.